The van der Waals surface area contributed by atoms with Gasteiger partial charge in [-0.2, -0.15) is 16.5 Å². The third kappa shape index (κ3) is 9.77. The van der Waals surface area contributed by atoms with Crippen LogP contribution in [0.1, 0.15) is 20.3 Å². The first-order valence-electron chi connectivity index (χ1n) is 8.96. The Labute approximate surface area is 175 Å². The molecule has 0 aliphatic heterocycles. The number of carbonyl (C=O) groups excluding carboxylic acids is 3. The molecule has 0 radical (unpaired) electrons. The molecule has 0 spiro atoms. The van der Waals surface area contributed by atoms with E-state index in [-0.39, 0.29) is 17.2 Å². The number of hydrogen-bond donors (Lipinski definition) is 3. The molecule has 0 aliphatic carbocycles. The molecule has 0 saturated heterocycles. The molecule has 0 aromatic heterocycles. The average molecular weight is 446 g/mol. The number of esters is 1. The zero-order valence-electron chi connectivity index (χ0n) is 16.6. The van der Waals surface area contributed by atoms with Gasteiger partial charge in [0.05, 0.1) is 4.90 Å². The van der Waals surface area contributed by atoms with E-state index in [1.54, 1.807) is 18.2 Å². The van der Waals surface area contributed by atoms with Gasteiger partial charge < -0.3 is 10.1 Å². The molecule has 1 aromatic rings. The summed E-state index contributed by atoms with van der Waals surface area (Å²) in [6, 6.07) is 5.77. The fourth-order valence-electron chi connectivity index (χ4n) is 2.06. The van der Waals surface area contributed by atoms with Crippen LogP contribution in [0.4, 0.5) is 4.79 Å². The predicted molar refractivity (Wildman–Crippen MR) is 111 cm³/mol. The predicted octanol–water partition coefficient (Wildman–Crippen LogP) is 1.11. The molecule has 1 atom stereocenters. The topological polar surface area (TPSA) is 131 Å². The summed E-state index contributed by atoms with van der Waals surface area (Å²) in [6.45, 7) is 3.48. The first-order chi connectivity index (χ1) is 13.7. The van der Waals surface area contributed by atoms with Crippen molar-refractivity contribution < 1.29 is 27.5 Å². The zero-order chi connectivity index (χ0) is 21.9. The largest absolute Gasteiger partial charge is 0.454 e. The van der Waals surface area contributed by atoms with Gasteiger partial charge in [-0.3, -0.25) is 14.9 Å². The number of amides is 3. The minimum Gasteiger partial charge on any atom is -0.454 e. The summed E-state index contributed by atoms with van der Waals surface area (Å²) < 4.78 is 32.1. The van der Waals surface area contributed by atoms with Crippen LogP contribution in [0.5, 0.6) is 0 Å². The standard InChI is InChI=1S/C18H27N3O6S2/c1-13(2)11-19-18(24)20-16(22)12-27-17(23)15(9-10-28-3)21-29(25,26)14-7-5-4-6-8-14/h4-8,13,15,21H,9-12H2,1-3H3,(H2,19,20,22,24). The molecule has 3 amide bonds. The molecule has 1 aromatic carbocycles. The number of ether oxygens (including phenoxy) is 1. The Morgan fingerprint density at radius 1 is 1.14 bits per heavy atom. The highest BCUT2D eigenvalue weighted by Gasteiger charge is 2.27. The lowest BCUT2D eigenvalue weighted by Gasteiger charge is -2.17. The van der Waals surface area contributed by atoms with Crippen molar-refractivity contribution in [3.8, 4) is 0 Å². The Morgan fingerprint density at radius 2 is 1.79 bits per heavy atom. The summed E-state index contributed by atoms with van der Waals surface area (Å²) in [5.41, 5.74) is 0. The number of rotatable bonds is 11. The molecule has 29 heavy (non-hydrogen) atoms. The van der Waals surface area contributed by atoms with Gasteiger partial charge in [0, 0.05) is 6.54 Å². The third-order valence-electron chi connectivity index (χ3n) is 3.52. The molecule has 0 bridgehead atoms. The van der Waals surface area contributed by atoms with Gasteiger partial charge in [-0.1, -0.05) is 32.0 Å². The molecule has 9 nitrogen and oxygen atoms in total. The fourth-order valence-corrected chi connectivity index (χ4v) is 3.77. The minimum atomic E-state index is -3.93. The van der Waals surface area contributed by atoms with Crippen molar-refractivity contribution >= 4 is 39.7 Å². The quantitative estimate of drug-likeness (QED) is 0.435. The SMILES string of the molecule is CSCCC(NS(=O)(=O)c1ccccc1)C(=O)OCC(=O)NC(=O)NCC(C)C. The number of hydrogen-bond acceptors (Lipinski definition) is 7. The van der Waals surface area contributed by atoms with Gasteiger partial charge in [-0.25, -0.2) is 13.2 Å². The van der Waals surface area contributed by atoms with Gasteiger partial charge in [-0.15, -0.1) is 0 Å². The second kappa shape index (κ2) is 12.5. The molecule has 1 unspecified atom stereocenters. The van der Waals surface area contributed by atoms with E-state index in [0.29, 0.717) is 12.3 Å². The monoisotopic (exact) mass is 445 g/mol. The summed E-state index contributed by atoms with van der Waals surface area (Å²) in [7, 11) is -3.93. The lowest BCUT2D eigenvalue weighted by Crippen LogP contribution is -2.45. The van der Waals surface area contributed by atoms with Crippen LogP contribution in [-0.2, 0) is 24.3 Å². The second-order valence-corrected chi connectivity index (χ2v) is 9.23. The van der Waals surface area contributed by atoms with Crippen molar-refractivity contribution in [1.82, 2.24) is 15.4 Å². The number of urea groups is 1. The molecule has 3 N–H and O–H groups in total. The zero-order valence-corrected chi connectivity index (χ0v) is 18.3. The molecule has 0 saturated carbocycles. The fraction of sp³-hybridized carbons (Fsp3) is 0.500. The van der Waals surface area contributed by atoms with E-state index in [2.05, 4.69) is 10.0 Å². The molecule has 1 rings (SSSR count). The smallest absolute Gasteiger partial charge is 0.324 e. The Kier molecular flexibility index (Phi) is 10.7. The minimum absolute atomic E-state index is 0.0153. The van der Waals surface area contributed by atoms with Crippen molar-refractivity contribution in [3.05, 3.63) is 30.3 Å². The average Bonchev–Trinajstić information content (AvgIpc) is 2.68. The van der Waals surface area contributed by atoms with Gasteiger partial charge in [0.1, 0.15) is 6.04 Å². The summed E-state index contributed by atoms with van der Waals surface area (Å²) in [4.78, 5) is 35.6. The first-order valence-corrected chi connectivity index (χ1v) is 11.8. The Morgan fingerprint density at radius 3 is 2.38 bits per heavy atom. The lowest BCUT2D eigenvalue weighted by atomic mass is 10.2. The molecular formula is C18H27N3O6S2. The highest BCUT2D eigenvalue weighted by molar-refractivity contribution is 7.98. The third-order valence-corrected chi connectivity index (χ3v) is 5.65. The van der Waals surface area contributed by atoms with E-state index in [1.807, 2.05) is 25.4 Å². The summed E-state index contributed by atoms with van der Waals surface area (Å²) in [5.74, 6) is -0.991. The van der Waals surface area contributed by atoms with E-state index >= 15 is 0 Å². The van der Waals surface area contributed by atoms with Crippen molar-refractivity contribution in [1.29, 1.82) is 0 Å². The van der Waals surface area contributed by atoms with Crippen LogP contribution < -0.4 is 15.4 Å². The molecule has 0 aliphatic rings. The number of sulfonamides is 1. The van der Waals surface area contributed by atoms with Gasteiger partial charge in [0.2, 0.25) is 10.0 Å². The van der Waals surface area contributed by atoms with E-state index < -0.39 is 40.6 Å². The Hall–Kier alpha value is -2.11. The first kappa shape index (κ1) is 24.9. The molecular weight excluding hydrogens is 418 g/mol. The summed E-state index contributed by atoms with van der Waals surface area (Å²) >= 11 is 1.43. The highest BCUT2D eigenvalue weighted by Crippen LogP contribution is 2.11. The number of imide groups is 1. The maximum absolute atomic E-state index is 12.5. The van der Waals surface area contributed by atoms with E-state index in [0.717, 1.165) is 0 Å². The van der Waals surface area contributed by atoms with E-state index in [9.17, 15) is 22.8 Å². The maximum atomic E-state index is 12.5. The van der Waals surface area contributed by atoms with Gasteiger partial charge in [0.15, 0.2) is 6.61 Å². The normalized spacial score (nSPS) is 12.3. The summed E-state index contributed by atoms with van der Waals surface area (Å²) in [6.07, 6.45) is 2.00. The van der Waals surface area contributed by atoms with Crippen molar-refractivity contribution in [2.45, 2.75) is 31.2 Å². The molecule has 162 valence electrons. The van der Waals surface area contributed by atoms with Crippen molar-refractivity contribution in [2.75, 3.05) is 25.2 Å². The maximum Gasteiger partial charge on any atom is 0.324 e. The number of benzene rings is 1. The van der Waals surface area contributed by atoms with Crippen LogP contribution >= 0.6 is 11.8 Å². The van der Waals surface area contributed by atoms with Crippen LogP contribution in [0.2, 0.25) is 0 Å². The van der Waals surface area contributed by atoms with Gasteiger partial charge >= 0.3 is 12.0 Å². The van der Waals surface area contributed by atoms with Crippen LogP contribution in [0.25, 0.3) is 0 Å². The van der Waals surface area contributed by atoms with Crippen molar-refractivity contribution in [2.24, 2.45) is 5.92 Å². The van der Waals surface area contributed by atoms with Crippen LogP contribution in [0.15, 0.2) is 35.2 Å². The van der Waals surface area contributed by atoms with Gasteiger partial charge in [-0.05, 0) is 36.5 Å². The summed E-state index contributed by atoms with van der Waals surface area (Å²) in [5, 5.41) is 4.53. The van der Waals surface area contributed by atoms with Crippen LogP contribution in [0.3, 0.4) is 0 Å². The van der Waals surface area contributed by atoms with Crippen LogP contribution in [-0.4, -0.2) is 57.5 Å². The number of carbonyl (C=O) groups is 3. The molecule has 0 heterocycles. The van der Waals surface area contributed by atoms with Crippen LogP contribution in [0, 0.1) is 5.92 Å². The van der Waals surface area contributed by atoms with E-state index in [1.165, 1.54) is 23.9 Å². The Balaban J connectivity index is 2.65. The molecule has 0 fully saturated rings. The molecule has 11 heteroatoms. The lowest BCUT2D eigenvalue weighted by molar-refractivity contribution is -0.150. The van der Waals surface area contributed by atoms with E-state index in [4.69, 9.17) is 4.74 Å². The number of thioether (sulfide) groups is 1. The highest BCUT2D eigenvalue weighted by atomic mass is 32.2. The Bertz CT molecular complexity index is 784. The van der Waals surface area contributed by atoms with Crippen molar-refractivity contribution in [3.63, 3.8) is 0 Å². The second-order valence-electron chi connectivity index (χ2n) is 6.53. The van der Waals surface area contributed by atoms with Gasteiger partial charge in [0.25, 0.3) is 5.91 Å². The number of nitrogens with one attached hydrogen (secondary N) is 3.